The molecular formula is C9H12NO4S+. The maximum atomic E-state index is 10.4. The highest BCUT2D eigenvalue weighted by Crippen LogP contribution is 2.03. The van der Waals surface area contributed by atoms with E-state index in [0.29, 0.717) is 18.7 Å². The van der Waals surface area contributed by atoms with Crippen LogP contribution >= 0.6 is 0 Å². The number of aliphatic carboxylic acids is 1. The molecule has 82 valence electrons. The SMILES string of the molecule is C=C=C(OC(CCCC(=O)O)=NC)[S+]=O. The van der Waals surface area contributed by atoms with E-state index in [-0.39, 0.29) is 23.2 Å². The number of carboxylic acids is 1. The Bertz CT molecular complexity index is 318. The van der Waals surface area contributed by atoms with E-state index in [1.807, 2.05) is 0 Å². The van der Waals surface area contributed by atoms with E-state index >= 15 is 0 Å². The number of hydrogen-bond acceptors (Lipinski definition) is 4. The van der Waals surface area contributed by atoms with E-state index in [0.717, 1.165) is 0 Å². The van der Waals surface area contributed by atoms with Crippen LogP contribution in [-0.2, 0) is 25.4 Å². The van der Waals surface area contributed by atoms with Crippen LogP contribution in [0.1, 0.15) is 19.3 Å². The lowest BCUT2D eigenvalue weighted by Crippen LogP contribution is -2.05. The van der Waals surface area contributed by atoms with Gasteiger partial charge in [0.1, 0.15) is 0 Å². The van der Waals surface area contributed by atoms with Crippen LogP contribution in [0.2, 0.25) is 0 Å². The van der Waals surface area contributed by atoms with Crippen LogP contribution in [-0.4, -0.2) is 24.0 Å². The molecule has 6 heteroatoms. The summed E-state index contributed by atoms with van der Waals surface area (Å²) in [6, 6.07) is 0. The lowest BCUT2D eigenvalue weighted by molar-refractivity contribution is -0.137. The monoisotopic (exact) mass is 230 g/mol. The lowest BCUT2D eigenvalue weighted by Gasteiger charge is -2.00. The Kier molecular flexibility index (Phi) is 7.05. The molecule has 0 aliphatic rings. The molecule has 0 bridgehead atoms. The number of carboxylic acid groups (broad SMARTS) is 1. The van der Waals surface area contributed by atoms with Crippen molar-refractivity contribution in [2.75, 3.05) is 7.05 Å². The van der Waals surface area contributed by atoms with Gasteiger partial charge in [0.05, 0.1) is 0 Å². The van der Waals surface area contributed by atoms with Crippen molar-refractivity contribution in [1.29, 1.82) is 0 Å². The number of rotatable bonds is 6. The Morgan fingerprint density at radius 1 is 1.60 bits per heavy atom. The predicted molar refractivity (Wildman–Crippen MR) is 56.6 cm³/mol. The van der Waals surface area contributed by atoms with E-state index in [9.17, 15) is 9.00 Å². The number of carbonyl (C=O) groups is 1. The molecule has 0 saturated carbocycles. The predicted octanol–water partition coefficient (Wildman–Crippen LogP) is 1.34. The number of aliphatic imine (C=N–C) groups is 1. The first-order valence-electron chi connectivity index (χ1n) is 4.19. The number of hydrogen-bond donors (Lipinski definition) is 1. The second-order valence-corrected chi connectivity index (χ2v) is 3.05. The van der Waals surface area contributed by atoms with Crippen molar-refractivity contribution in [3.63, 3.8) is 0 Å². The fourth-order valence-corrected chi connectivity index (χ4v) is 0.978. The fraction of sp³-hybridized carbons (Fsp3) is 0.444. The van der Waals surface area contributed by atoms with Crippen molar-refractivity contribution < 1.29 is 18.8 Å². The van der Waals surface area contributed by atoms with E-state index in [1.165, 1.54) is 7.05 Å². The summed E-state index contributed by atoms with van der Waals surface area (Å²) in [5.74, 6) is -0.561. The van der Waals surface area contributed by atoms with Gasteiger partial charge in [-0.2, -0.15) is 0 Å². The third-order valence-corrected chi connectivity index (χ3v) is 1.84. The van der Waals surface area contributed by atoms with Crippen LogP contribution in [0, 0.1) is 0 Å². The topological polar surface area (TPSA) is 76.0 Å². The highest BCUT2D eigenvalue weighted by atomic mass is 32.1. The normalized spacial score (nSPS) is 10.3. The molecule has 0 unspecified atom stereocenters. The number of nitrogens with zero attached hydrogens (tertiary/aromatic N) is 1. The molecule has 0 atom stereocenters. The zero-order valence-corrected chi connectivity index (χ0v) is 9.17. The maximum Gasteiger partial charge on any atom is 0.557 e. The minimum atomic E-state index is -0.872. The Balaban J connectivity index is 4.11. The third-order valence-electron chi connectivity index (χ3n) is 1.46. The lowest BCUT2D eigenvalue weighted by atomic mass is 10.2. The first-order chi connectivity index (χ1) is 7.13. The summed E-state index contributed by atoms with van der Waals surface area (Å²) in [5.41, 5.74) is 2.31. The van der Waals surface area contributed by atoms with Crippen molar-refractivity contribution in [2.45, 2.75) is 19.3 Å². The third kappa shape index (κ3) is 6.54. The molecule has 0 aliphatic heterocycles. The second kappa shape index (κ2) is 7.84. The van der Waals surface area contributed by atoms with Gasteiger partial charge in [0.2, 0.25) is 0 Å². The molecule has 0 rings (SSSR count). The molecule has 0 fully saturated rings. The maximum absolute atomic E-state index is 10.4. The minimum absolute atomic E-state index is 0.00840. The van der Waals surface area contributed by atoms with Gasteiger partial charge in [-0.25, -0.2) is 0 Å². The van der Waals surface area contributed by atoms with Gasteiger partial charge in [-0.15, -0.1) is 0 Å². The highest BCUT2D eigenvalue weighted by Gasteiger charge is 2.15. The molecular weight excluding hydrogens is 218 g/mol. The van der Waals surface area contributed by atoms with Crippen molar-refractivity contribution in [3.8, 4) is 0 Å². The van der Waals surface area contributed by atoms with Gasteiger partial charge in [0, 0.05) is 24.1 Å². The smallest absolute Gasteiger partial charge is 0.481 e. The van der Waals surface area contributed by atoms with E-state index < -0.39 is 5.97 Å². The average Bonchev–Trinajstić information content (AvgIpc) is 2.22. The average molecular weight is 230 g/mol. The summed E-state index contributed by atoms with van der Waals surface area (Å²) in [6.07, 6.45) is 0.824. The number of ether oxygens (including phenoxy) is 1. The van der Waals surface area contributed by atoms with Crippen LogP contribution in [0.15, 0.2) is 22.4 Å². The molecule has 0 spiro atoms. The zero-order chi connectivity index (χ0) is 11.7. The molecule has 15 heavy (non-hydrogen) atoms. The second-order valence-electron chi connectivity index (χ2n) is 2.51. The van der Waals surface area contributed by atoms with E-state index in [2.05, 4.69) is 17.3 Å². The van der Waals surface area contributed by atoms with Gasteiger partial charge in [0.25, 0.3) is 0 Å². The fourth-order valence-electron chi connectivity index (χ4n) is 0.789. The van der Waals surface area contributed by atoms with Gasteiger partial charge in [-0.05, 0) is 18.7 Å². The van der Waals surface area contributed by atoms with E-state index in [1.54, 1.807) is 0 Å². The van der Waals surface area contributed by atoms with Gasteiger partial charge in [-0.3, -0.25) is 9.79 Å². The Morgan fingerprint density at radius 2 is 2.27 bits per heavy atom. The summed E-state index contributed by atoms with van der Waals surface area (Å²) in [5, 5.41) is 8.40. The summed E-state index contributed by atoms with van der Waals surface area (Å²) in [7, 11) is 1.51. The Hall–Kier alpha value is -1.52. The molecule has 0 aromatic rings. The largest absolute Gasteiger partial charge is 0.557 e. The summed E-state index contributed by atoms with van der Waals surface area (Å²) >= 11 is 0.127. The minimum Gasteiger partial charge on any atom is -0.481 e. The van der Waals surface area contributed by atoms with Gasteiger partial charge in [0.15, 0.2) is 5.90 Å². The highest BCUT2D eigenvalue weighted by molar-refractivity contribution is 7.69. The molecule has 0 aliphatic carbocycles. The van der Waals surface area contributed by atoms with Gasteiger partial charge in [-0.1, -0.05) is 0 Å². The molecule has 5 nitrogen and oxygen atoms in total. The Morgan fingerprint density at radius 3 is 2.67 bits per heavy atom. The first-order valence-corrected chi connectivity index (χ1v) is 4.93. The van der Waals surface area contributed by atoms with Crippen LogP contribution in [0.4, 0.5) is 0 Å². The summed E-state index contributed by atoms with van der Waals surface area (Å²) < 4.78 is 15.4. The van der Waals surface area contributed by atoms with E-state index in [4.69, 9.17) is 9.84 Å². The van der Waals surface area contributed by atoms with Crippen LogP contribution in [0.3, 0.4) is 0 Å². The standard InChI is InChI=1S/C9H11NO4S/c1-3-9(15-13)14-7(10-2)5-4-6-8(11)12/h1,4-6H2,2H3/p+1. The molecule has 0 heterocycles. The van der Waals surface area contributed by atoms with Crippen molar-refractivity contribution in [2.24, 2.45) is 4.99 Å². The van der Waals surface area contributed by atoms with Crippen LogP contribution in [0.25, 0.3) is 0 Å². The Labute approximate surface area is 91.7 Å². The van der Waals surface area contributed by atoms with Crippen molar-refractivity contribution >= 4 is 23.5 Å². The van der Waals surface area contributed by atoms with Gasteiger partial charge >= 0.3 is 22.7 Å². The first kappa shape index (κ1) is 13.5. The molecule has 1 N–H and O–H groups in total. The zero-order valence-electron chi connectivity index (χ0n) is 8.36. The molecule has 0 radical (unpaired) electrons. The van der Waals surface area contributed by atoms with Gasteiger partial charge < -0.3 is 9.84 Å². The molecule has 0 aromatic heterocycles. The summed E-state index contributed by atoms with van der Waals surface area (Å²) in [4.78, 5) is 14.0. The molecule has 0 aromatic carbocycles. The summed E-state index contributed by atoms with van der Waals surface area (Å²) in [6.45, 7) is 3.27. The quantitative estimate of drug-likeness (QED) is 0.245. The molecule has 0 amide bonds. The molecule has 0 saturated heterocycles. The van der Waals surface area contributed by atoms with Crippen LogP contribution in [0.5, 0.6) is 0 Å². The van der Waals surface area contributed by atoms with Crippen molar-refractivity contribution in [3.05, 3.63) is 17.4 Å². The van der Waals surface area contributed by atoms with Crippen molar-refractivity contribution in [1.82, 2.24) is 0 Å². The van der Waals surface area contributed by atoms with Crippen LogP contribution < -0.4 is 0 Å².